The molecular formula is C38H30Cl12N6O4S2. The maximum atomic E-state index is 14.7. The molecule has 0 bridgehead atoms. The number of hydrogen-bond donors (Lipinski definition) is 1. The van der Waals surface area contributed by atoms with Crippen LogP contribution in [0.25, 0.3) is 22.8 Å². The van der Waals surface area contributed by atoms with Gasteiger partial charge < -0.3 is 9.84 Å². The maximum absolute atomic E-state index is 14.7. The van der Waals surface area contributed by atoms with Gasteiger partial charge >= 0.3 is 11.9 Å². The first kappa shape index (κ1) is 50.7. The Bertz CT molecular complexity index is 2240. The lowest BCUT2D eigenvalue weighted by atomic mass is 9.85. The zero-order chi connectivity index (χ0) is 45.3. The van der Waals surface area contributed by atoms with Gasteiger partial charge in [0.15, 0.2) is 39.7 Å². The number of aliphatic carboxylic acids is 1. The summed E-state index contributed by atoms with van der Waals surface area (Å²) < 4.78 is -3.98. The Morgan fingerprint density at radius 3 is 1.42 bits per heavy atom. The van der Waals surface area contributed by atoms with Crippen LogP contribution in [0.15, 0.2) is 70.0 Å². The minimum Gasteiger partial charge on any atom is -0.480 e. The Hall–Kier alpha value is -0.680. The minimum atomic E-state index is -2.08. The number of carboxylic acid groups (broad SMARTS) is 1. The number of carbonyl (C=O) groups is 2. The Morgan fingerprint density at radius 2 is 1.03 bits per heavy atom. The van der Waals surface area contributed by atoms with E-state index < -0.39 is 37.1 Å². The molecule has 2 atom stereocenters. The van der Waals surface area contributed by atoms with Crippen molar-refractivity contribution in [3.63, 3.8) is 0 Å². The fraction of sp³-hybridized carbons (Fsp3) is 0.421. The Labute approximate surface area is 425 Å². The fourth-order valence-corrected chi connectivity index (χ4v) is 10.3. The van der Waals surface area contributed by atoms with Crippen molar-refractivity contribution in [3.05, 3.63) is 83.5 Å². The highest BCUT2D eigenvalue weighted by Gasteiger charge is 2.55. The predicted octanol–water partition coefficient (Wildman–Crippen LogP) is 14.2. The van der Waals surface area contributed by atoms with Gasteiger partial charge in [-0.25, -0.2) is 29.9 Å². The molecule has 332 valence electrons. The molecule has 2 aromatic carbocycles. The molecule has 0 aliphatic heterocycles. The number of carboxylic acids is 1. The largest absolute Gasteiger partial charge is 0.480 e. The van der Waals surface area contributed by atoms with Gasteiger partial charge in [-0.05, 0) is 81.2 Å². The van der Waals surface area contributed by atoms with Gasteiger partial charge in [0.25, 0.3) is 0 Å². The summed E-state index contributed by atoms with van der Waals surface area (Å²) in [5.74, 6) is -2.94. The number of esters is 1. The number of ether oxygens (including phenoxy) is 1. The lowest BCUT2D eigenvalue weighted by molar-refractivity contribution is -0.153. The van der Waals surface area contributed by atoms with Crippen molar-refractivity contribution in [1.29, 1.82) is 0 Å². The van der Waals surface area contributed by atoms with Gasteiger partial charge in [-0.3, -0.25) is 9.59 Å². The molecule has 0 amide bonds. The van der Waals surface area contributed by atoms with E-state index in [1.54, 1.807) is 48.5 Å². The SMILES string of the molecule is O=C(OC1CCCCC1)C(Sc1ccc(-c2nc(C(Cl)(Cl)Cl)nc(C(Cl)(Cl)Cl)n2)cc1)C(Sc1ccc(-c2nc(C(Cl)(Cl)Cl)nc(C(Cl)(Cl)Cl)n2)cc1)(C(=O)O)C1=CCCCC1. The van der Waals surface area contributed by atoms with E-state index in [9.17, 15) is 14.7 Å². The lowest BCUT2D eigenvalue weighted by Gasteiger charge is -2.39. The molecule has 1 N–H and O–H groups in total. The van der Waals surface area contributed by atoms with Crippen molar-refractivity contribution in [2.45, 2.75) is 98.8 Å². The van der Waals surface area contributed by atoms with Crippen molar-refractivity contribution < 1.29 is 19.4 Å². The van der Waals surface area contributed by atoms with Gasteiger partial charge in [0.1, 0.15) is 11.4 Å². The van der Waals surface area contributed by atoms with E-state index in [4.69, 9.17) is 144 Å². The summed E-state index contributed by atoms with van der Waals surface area (Å²) in [5.41, 5.74) is 1.40. The van der Waals surface area contributed by atoms with Crippen LogP contribution in [0.2, 0.25) is 0 Å². The zero-order valence-corrected chi connectivity index (χ0v) is 42.1. The van der Waals surface area contributed by atoms with Gasteiger partial charge in [-0.1, -0.05) is 176 Å². The van der Waals surface area contributed by atoms with E-state index in [-0.39, 0.29) is 41.1 Å². The van der Waals surface area contributed by atoms with Crippen LogP contribution in [-0.4, -0.2) is 63.0 Å². The van der Waals surface area contributed by atoms with Gasteiger partial charge in [-0.15, -0.1) is 23.5 Å². The fourth-order valence-electron chi connectivity index (χ4n) is 6.66. The normalized spacial score (nSPS) is 17.2. The van der Waals surface area contributed by atoms with Crippen LogP contribution in [0.4, 0.5) is 0 Å². The smallest absolute Gasteiger partial charge is 0.326 e. The minimum absolute atomic E-state index is 0.0239. The second kappa shape index (κ2) is 20.7. The number of hydrogen-bond acceptors (Lipinski definition) is 11. The molecule has 62 heavy (non-hydrogen) atoms. The van der Waals surface area contributed by atoms with Gasteiger partial charge in [0.2, 0.25) is 15.2 Å². The van der Waals surface area contributed by atoms with E-state index in [0.717, 1.165) is 55.6 Å². The third-order valence-corrected chi connectivity index (χ3v) is 14.6. The summed E-state index contributed by atoms with van der Waals surface area (Å²) in [6, 6.07) is 13.3. The molecule has 0 spiro atoms. The maximum Gasteiger partial charge on any atom is 0.326 e. The number of nitrogens with zero attached hydrogens (tertiary/aromatic N) is 6. The number of rotatable bonds is 11. The molecule has 4 aromatic rings. The topological polar surface area (TPSA) is 141 Å². The summed E-state index contributed by atoms with van der Waals surface area (Å²) in [4.78, 5) is 55.0. The Balaban J connectivity index is 1.42. The van der Waals surface area contributed by atoms with Crippen molar-refractivity contribution in [3.8, 4) is 22.8 Å². The number of carbonyl (C=O) groups excluding carboxylic acids is 1. The predicted molar refractivity (Wildman–Crippen MR) is 253 cm³/mol. The average molecular weight is 1120 g/mol. The highest BCUT2D eigenvalue weighted by molar-refractivity contribution is 8.05. The summed E-state index contributed by atoms with van der Waals surface area (Å²) in [6.07, 6.45) is 8.33. The van der Waals surface area contributed by atoms with Crippen LogP contribution >= 0.6 is 163 Å². The molecule has 2 aliphatic rings. The molecule has 1 saturated carbocycles. The zero-order valence-electron chi connectivity index (χ0n) is 31.4. The molecule has 0 saturated heterocycles. The van der Waals surface area contributed by atoms with Crippen molar-refractivity contribution in [1.82, 2.24) is 29.9 Å². The molecule has 24 heteroatoms. The summed E-state index contributed by atoms with van der Waals surface area (Å²) in [6.45, 7) is 0. The first-order valence-electron chi connectivity index (χ1n) is 18.5. The standard InChI is InChI=1S/C38H30Cl12N6O4S2/c39-35(40,41)29-51-26(52-30(55-29)36(42,43)44)19-11-15-23(16-12-19)61-25(28(57)60-22-9-5-2-6-10-22)34(33(58)59,21-7-3-1-4-8-21)62-24-17-13-20(14-18-24)27-53-31(37(45,46)47)56-32(54-27)38(48,49)50/h7,11-18,22,25H,1-6,8-10H2,(H,58,59). The average Bonchev–Trinajstić information content (AvgIpc) is 3.21. The first-order chi connectivity index (χ1) is 28.9. The number of halogens is 12. The monoisotopic (exact) mass is 1120 g/mol. The highest BCUT2D eigenvalue weighted by Crippen LogP contribution is 2.51. The van der Waals surface area contributed by atoms with Crippen LogP contribution < -0.4 is 0 Å². The number of allylic oxidation sites excluding steroid dienone is 1. The van der Waals surface area contributed by atoms with Crippen LogP contribution in [0.1, 0.15) is 81.1 Å². The van der Waals surface area contributed by atoms with Crippen LogP contribution in [0, 0.1) is 0 Å². The van der Waals surface area contributed by atoms with Crippen LogP contribution in [0.5, 0.6) is 0 Å². The number of benzene rings is 2. The van der Waals surface area contributed by atoms with Gasteiger partial charge in [0, 0.05) is 20.9 Å². The molecule has 2 aromatic heterocycles. The van der Waals surface area contributed by atoms with E-state index in [1.807, 2.05) is 6.08 Å². The van der Waals surface area contributed by atoms with Crippen molar-refractivity contribution in [2.75, 3.05) is 0 Å². The molecule has 6 rings (SSSR count). The van der Waals surface area contributed by atoms with Crippen molar-refractivity contribution >= 4 is 175 Å². The van der Waals surface area contributed by atoms with Gasteiger partial charge in [-0.2, -0.15) is 0 Å². The molecule has 2 unspecified atom stereocenters. The number of thioether (sulfide) groups is 2. The van der Waals surface area contributed by atoms with E-state index in [2.05, 4.69) is 29.9 Å². The molecular weight excluding hydrogens is 1090 g/mol. The molecule has 2 heterocycles. The lowest BCUT2D eigenvalue weighted by Crippen LogP contribution is -2.52. The number of aromatic nitrogens is 6. The third-order valence-electron chi connectivity index (χ3n) is 9.55. The first-order valence-corrected chi connectivity index (χ1v) is 24.7. The van der Waals surface area contributed by atoms with Gasteiger partial charge in [0.05, 0.1) is 0 Å². The molecule has 2 aliphatic carbocycles. The van der Waals surface area contributed by atoms with E-state index in [1.165, 1.54) is 0 Å². The Morgan fingerprint density at radius 1 is 0.597 bits per heavy atom. The summed E-state index contributed by atoms with van der Waals surface area (Å²) >= 11 is 75.3. The summed E-state index contributed by atoms with van der Waals surface area (Å²) in [7, 11) is 0. The highest BCUT2D eigenvalue weighted by atomic mass is 35.6. The van der Waals surface area contributed by atoms with Crippen LogP contribution in [-0.2, 0) is 29.5 Å². The van der Waals surface area contributed by atoms with Crippen molar-refractivity contribution in [2.24, 2.45) is 0 Å². The second-order valence-electron chi connectivity index (χ2n) is 14.0. The second-order valence-corrected chi connectivity index (χ2v) is 25.6. The van der Waals surface area contributed by atoms with Crippen LogP contribution in [0.3, 0.4) is 0 Å². The number of alkyl halides is 12. The quantitative estimate of drug-likeness (QED) is 0.0661. The molecule has 10 nitrogen and oxygen atoms in total. The molecule has 1 fully saturated rings. The summed E-state index contributed by atoms with van der Waals surface area (Å²) in [5, 5.41) is 10.2. The van der Waals surface area contributed by atoms with E-state index >= 15 is 0 Å². The Kier molecular flexibility index (Phi) is 16.9. The van der Waals surface area contributed by atoms with E-state index in [0.29, 0.717) is 52.2 Å². The molecule has 0 radical (unpaired) electrons. The third kappa shape index (κ3) is 12.6.